The largest absolute Gasteiger partial charge is 0.309 e. The molecule has 0 aliphatic carbocycles. The van der Waals surface area contributed by atoms with E-state index in [4.69, 9.17) is 0 Å². The molecule has 1 unspecified atom stereocenters. The molecule has 1 heterocycles. The lowest BCUT2D eigenvalue weighted by atomic mass is 10.0. The van der Waals surface area contributed by atoms with Gasteiger partial charge >= 0.3 is 0 Å². The Morgan fingerprint density at radius 1 is 1.20 bits per heavy atom. The Morgan fingerprint density at radius 2 is 2.00 bits per heavy atom. The molecule has 1 N–H and O–H groups in total. The molecule has 0 bridgehead atoms. The molecule has 1 aromatic carbocycles. The molecule has 0 spiro atoms. The normalized spacial score (nSPS) is 12.6. The lowest BCUT2D eigenvalue weighted by Gasteiger charge is -2.19. The van der Waals surface area contributed by atoms with Crippen LogP contribution in [-0.4, -0.2) is 16.3 Å². The van der Waals surface area contributed by atoms with Crippen LogP contribution in [0.25, 0.3) is 0 Å². The first kappa shape index (κ1) is 14.7. The molecule has 0 amide bonds. The quantitative estimate of drug-likeness (QED) is 0.880. The molecule has 5 heteroatoms. The maximum Gasteiger partial charge on any atom is 0.159 e. The number of aromatic nitrogens is 2. The third-order valence-corrected chi connectivity index (χ3v) is 3.28. The Morgan fingerprint density at radius 3 is 2.65 bits per heavy atom. The van der Waals surface area contributed by atoms with Crippen LogP contribution in [0, 0.1) is 11.6 Å². The summed E-state index contributed by atoms with van der Waals surface area (Å²) < 4.78 is 28.2. The van der Waals surface area contributed by atoms with Gasteiger partial charge in [0.1, 0.15) is 0 Å². The van der Waals surface area contributed by atoms with Gasteiger partial charge < -0.3 is 5.32 Å². The fourth-order valence-electron chi connectivity index (χ4n) is 2.33. The van der Waals surface area contributed by atoms with Gasteiger partial charge in [0.05, 0.1) is 11.7 Å². The summed E-state index contributed by atoms with van der Waals surface area (Å²) in [5.74, 6) is -1.62. The van der Waals surface area contributed by atoms with Crippen molar-refractivity contribution in [3.05, 3.63) is 53.4 Å². The van der Waals surface area contributed by atoms with Crippen molar-refractivity contribution in [1.29, 1.82) is 0 Å². The molecule has 2 aromatic rings. The van der Waals surface area contributed by atoms with Crippen LogP contribution in [0.15, 0.2) is 30.5 Å². The molecule has 1 atom stereocenters. The van der Waals surface area contributed by atoms with E-state index in [9.17, 15) is 8.78 Å². The van der Waals surface area contributed by atoms with Gasteiger partial charge in [-0.25, -0.2) is 8.78 Å². The molecule has 2 rings (SSSR count). The van der Waals surface area contributed by atoms with E-state index in [2.05, 4.69) is 10.4 Å². The Bertz CT molecular complexity index is 566. The molecule has 0 fully saturated rings. The number of nitrogens with one attached hydrogen (secondary N) is 1. The molecule has 0 radical (unpaired) electrons. The predicted octanol–water partition coefficient (Wildman–Crippen LogP) is 3.07. The first-order valence-electron chi connectivity index (χ1n) is 6.84. The van der Waals surface area contributed by atoms with Gasteiger partial charge in [-0.3, -0.25) is 4.68 Å². The molecule has 0 saturated carbocycles. The summed E-state index contributed by atoms with van der Waals surface area (Å²) in [4.78, 5) is 0. The molecular weight excluding hydrogens is 260 g/mol. The van der Waals surface area contributed by atoms with Crippen molar-refractivity contribution >= 4 is 0 Å². The van der Waals surface area contributed by atoms with E-state index in [1.165, 1.54) is 12.1 Å². The number of nitrogens with zero attached hydrogens (tertiary/aromatic N) is 2. The number of halogens is 2. The maximum atomic E-state index is 13.3. The molecule has 108 valence electrons. The van der Waals surface area contributed by atoms with E-state index in [-0.39, 0.29) is 6.04 Å². The summed E-state index contributed by atoms with van der Waals surface area (Å²) in [6, 6.07) is 6.04. The second kappa shape index (κ2) is 6.61. The van der Waals surface area contributed by atoms with E-state index < -0.39 is 11.6 Å². The number of benzene rings is 1. The standard InChI is InChI=1S/C15H19F2N3/c1-3-18-14(15-7-8-19-20(15)4-2)10-11-5-6-12(16)13(17)9-11/h5-9,14,18H,3-4,10H2,1-2H3. The maximum absolute atomic E-state index is 13.3. The smallest absolute Gasteiger partial charge is 0.159 e. The van der Waals surface area contributed by atoms with E-state index in [0.717, 1.165) is 24.3 Å². The summed E-state index contributed by atoms with van der Waals surface area (Å²) in [6.45, 7) is 5.62. The van der Waals surface area contributed by atoms with Gasteiger partial charge in [0.25, 0.3) is 0 Å². The van der Waals surface area contributed by atoms with E-state index in [1.807, 2.05) is 24.6 Å². The summed E-state index contributed by atoms with van der Waals surface area (Å²) in [5.41, 5.74) is 1.82. The van der Waals surface area contributed by atoms with Crippen LogP contribution < -0.4 is 5.32 Å². The van der Waals surface area contributed by atoms with E-state index >= 15 is 0 Å². The zero-order valence-corrected chi connectivity index (χ0v) is 11.7. The van der Waals surface area contributed by atoms with Crippen LogP contribution in [0.3, 0.4) is 0 Å². The number of aryl methyl sites for hydroxylation is 1. The zero-order chi connectivity index (χ0) is 14.5. The van der Waals surface area contributed by atoms with Gasteiger partial charge in [0.15, 0.2) is 11.6 Å². The van der Waals surface area contributed by atoms with Crippen molar-refractivity contribution in [2.45, 2.75) is 32.9 Å². The van der Waals surface area contributed by atoms with Crippen molar-refractivity contribution in [3.63, 3.8) is 0 Å². The Kier molecular flexibility index (Phi) is 4.84. The third kappa shape index (κ3) is 3.22. The SMILES string of the molecule is CCNC(Cc1ccc(F)c(F)c1)c1ccnn1CC. The number of rotatable bonds is 6. The molecule has 0 saturated heterocycles. The lowest BCUT2D eigenvalue weighted by molar-refractivity contribution is 0.483. The summed E-state index contributed by atoms with van der Waals surface area (Å²) in [6.07, 6.45) is 2.35. The highest BCUT2D eigenvalue weighted by molar-refractivity contribution is 5.21. The van der Waals surface area contributed by atoms with E-state index in [1.54, 1.807) is 12.3 Å². The van der Waals surface area contributed by atoms with Crippen molar-refractivity contribution in [2.24, 2.45) is 0 Å². The molecule has 3 nitrogen and oxygen atoms in total. The van der Waals surface area contributed by atoms with Crippen molar-refractivity contribution < 1.29 is 8.78 Å². The first-order chi connectivity index (χ1) is 9.65. The summed E-state index contributed by atoms with van der Waals surface area (Å²) in [5, 5.41) is 7.62. The molecule has 0 aliphatic rings. The zero-order valence-electron chi connectivity index (χ0n) is 11.7. The fourth-order valence-corrected chi connectivity index (χ4v) is 2.33. The highest BCUT2D eigenvalue weighted by atomic mass is 19.2. The van der Waals surface area contributed by atoms with Crippen LogP contribution in [0.5, 0.6) is 0 Å². The second-order valence-electron chi connectivity index (χ2n) is 4.63. The lowest BCUT2D eigenvalue weighted by Crippen LogP contribution is -2.25. The second-order valence-corrected chi connectivity index (χ2v) is 4.63. The topological polar surface area (TPSA) is 29.9 Å². The van der Waals surface area contributed by atoms with Crippen LogP contribution in [0.1, 0.15) is 31.1 Å². The van der Waals surface area contributed by atoms with E-state index in [0.29, 0.717) is 6.42 Å². The number of hydrogen-bond donors (Lipinski definition) is 1. The minimum Gasteiger partial charge on any atom is -0.309 e. The molecule has 20 heavy (non-hydrogen) atoms. The van der Waals surface area contributed by atoms with Crippen LogP contribution >= 0.6 is 0 Å². The molecular formula is C15H19F2N3. The first-order valence-corrected chi connectivity index (χ1v) is 6.84. The van der Waals surface area contributed by atoms with Gasteiger partial charge in [0.2, 0.25) is 0 Å². The minimum atomic E-state index is -0.813. The highest BCUT2D eigenvalue weighted by Gasteiger charge is 2.16. The van der Waals surface area contributed by atoms with Gasteiger partial charge in [-0.05, 0) is 43.7 Å². The van der Waals surface area contributed by atoms with Crippen LogP contribution in [-0.2, 0) is 13.0 Å². The van der Waals surface area contributed by atoms with Crippen molar-refractivity contribution in [1.82, 2.24) is 15.1 Å². The van der Waals surface area contributed by atoms with Gasteiger partial charge in [-0.2, -0.15) is 5.10 Å². The van der Waals surface area contributed by atoms with Crippen molar-refractivity contribution in [2.75, 3.05) is 6.54 Å². The third-order valence-electron chi connectivity index (χ3n) is 3.28. The summed E-state index contributed by atoms with van der Waals surface area (Å²) >= 11 is 0. The Hall–Kier alpha value is -1.75. The number of hydrogen-bond acceptors (Lipinski definition) is 2. The fraction of sp³-hybridized carbons (Fsp3) is 0.400. The Balaban J connectivity index is 2.23. The van der Waals surface area contributed by atoms with Gasteiger partial charge in [-0.15, -0.1) is 0 Å². The van der Waals surface area contributed by atoms with Crippen molar-refractivity contribution in [3.8, 4) is 0 Å². The average Bonchev–Trinajstić information content (AvgIpc) is 2.90. The van der Waals surface area contributed by atoms with Gasteiger partial charge in [-0.1, -0.05) is 13.0 Å². The Labute approximate surface area is 117 Å². The van der Waals surface area contributed by atoms with Crippen LogP contribution in [0.2, 0.25) is 0 Å². The molecule has 0 aliphatic heterocycles. The average molecular weight is 279 g/mol. The van der Waals surface area contributed by atoms with Crippen LogP contribution in [0.4, 0.5) is 8.78 Å². The summed E-state index contributed by atoms with van der Waals surface area (Å²) in [7, 11) is 0. The highest BCUT2D eigenvalue weighted by Crippen LogP contribution is 2.19. The predicted molar refractivity (Wildman–Crippen MR) is 74.4 cm³/mol. The van der Waals surface area contributed by atoms with Gasteiger partial charge in [0, 0.05) is 12.7 Å². The number of likely N-dealkylation sites (N-methyl/N-ethyl adjacent to an activating group) is 1. The molecule has 1 aromatic heterocycles. The minimum absolute atomic E-state index is 0.0345. The monoisotopic (exact) mass is 279 g/mol.